The topological polar surface area (TPSA) is 51.0 Å². The fourth-order valence-corrected chi connectivity index (χ4v) is 5.20. The van der Waals surface area contributed by atoms with Crippen LogP contribution in [0.15, 0.2) is 12.4 Å². The van der Waals surface area contributed by atoms with E-state index in [1.807, 2.05) is 10.9 Å². The summed E-state index contributed by atoms with van der Waals surface area (Å²) in [5.74, 6) is 1.61. The molecule has 5 nitrogen and oxygen atoms in total. The molecule has 2 aromatic rings. The Balaban J connectivity index is 1.59. The van der Waals surface area contributed by atoms with Crippen LogP contribution in [0.25, 0.3) is 10.9 Å². The van der Waals surface area contributed by atoms with Crippen LogP contribution >= 0.6 is 0 Å². The number of carbonyl (C=O) groups is 1. The largest absolute Gasteiger partial charge is 0.303 e. The molecule has 6 rings (SSSR count). The van der Waals surface area contributed by atoms with Crippen molar-refractivity contribution in [2.45, 2.75) is 39.2 Å². The van der Waals surface area contributed by atoms with Crippen LogP contribution < -0.4 is 0 Å². The van der Waals surface area contributed by atoms with Crippen LogP contribution in [-0.2, 0) is 6.42 Å². The highest BCUT2D eigenvalue weighted by molar-refractivity contribution is 6.11. The summed E-state index contributed by atoms with van der Waals surface area (Å²) in [6.45, 7) is 7.78. The third-order valence-corrected chi connectivity index (χ3v) is 6.42. The summed E-state index contributed by atoms with van der Waals surface area (Å²) in [5, 5.41) is 5.93. The van der Waals surface area contributed by atoms with E-state index in [0.29, 0.717) is 17.6 Å². The summed E-state index contributed by atoms with van der Waals surface area (Å²) in [4.78, 5) is 20.2. The lowest BCUT2D eigenvalue weighted by Gasteiger charge is -2.47. The Bertz CT molecular complexity index is 816. The van der Waals surface area contributed by atoms with E-state index in [1.54, 1.807) is 6.20 Å². The molecule has 3 saturated heterocycles. The van der Waals surface area contributed by atoms with Gasteiger partial charge in [-0.2, -0.15) is 5.10 Å². The molecule has 2 atom stereocenters. The molecular weight excluding hydrogens is 300 g/mol. The zero-order valence-corrected chi connectivity index (χ0v) is 14.4. The normalized spacial score (nSPS) is 32.0. The summed E-state index contributed by atoms with van der Waals surface area (Å²) in [7, 11) is 0. The van der Waals surface area contributed by atoms with Gasteiger partial charge in [-0.1, -0.05) is 0 Å². The second-order valence-electron chi connectivity index (χ2n) is 8.04. The fourth-order valence-electron chi connectivity index (χ4n) is 5.20. The molecule has 0 radical (unpaired) electrons. The molecule has 0 N–H and O–H groups in total. The first kappa shape index (κ1) is 14.6. The second-order valence-corrected chi connectivity index (χ2v) is 8.04. The molecule has 0 saturated carbocycles. The standard InChI is InChI=1S/C19H24N4O/c1-11(2)23-17-9-20-8-14-18(17)16(21-23)7-13(19(14)24)15-10-22-5-3-12(15)4-6-22/h8-9,11-13,15H,3-7,10H2,1-2H3/t13-,15?/m1/s1. The zero-order valence-electron chi connectivity index (χ0n) is 14.4. The van der Waals surface area contributed by atoms with Crippen LogP contribution in [-0.4, -0.2) is 45.1 Å². The summed E-state index contributed by atoms with van der Waals surface area (Å²) in [6.07, 6.45) is 6.95. The number of Topliss-reactive ketones (excluding diaryl/α,β-unsaturated/α-hetero) is 1. The number of carbonyl (C=O) groups excluding carboxylic acids is 1. The molecule has 24 heavy (non-hydrogen) atoms. The van der Waals surface area contributed by atoms with Crippen molar-refractivity contribution in [2.75, 3.05) is 19.6 Å². The van der Waals surface area contributed by atoms with Crippen molar-refractivity contribution in [1.29, 1.82) is 0 Å². The van der Waals surface area contributed by atoms with Crippen molar-refractivity contribution in [1.82, 2.24) is 19.7 Å². The first-order valence-electron chi connectivity index (χ1n) is 9.25. The van der Waals surface area contributed by atoms with Gasteiger partial charge in [0.25, 0.3) is 0 Å². The molecule has 2 aromatic heterocycles. The van der Waals surface area contributed by atoms with E-state index in [9.17, 15) is 4.79 Å². The fraction of sp³-hybridized carbons (Fsp3) is 0.632. The van der Waals surface area contributed by atoms with Crippen LogP contribution in [0, 0.1) is 17.8 Å². The van der Waals surface area contributed by atoms with Crippen LogP contribution in [0.1, 0.15) is 48.8 Å². The monoisotopic (exact) mass is 324 g/mol. The van der Waals surface area contributed by atoms with Gasteiger partial charge in [0.05, 0.1) is 17.4 Å². The van der Waals surface area contributed by atoms with Gasteiger partial charge in [0.15, 0.2) is 5.78 Å². The molecule has 126 valence electrons. The summed E-state index contributed by atoms with van der Waals surface area (Å²) in [5.41, 5.74) is 2.93. The molecule has 3 fully saturated rings. The number of rotatable bonds is 2. The molecule has 5 heterocycles. The second kappa shape index (κ2) is 5.12. The number of ketones is 1. The number of hydrogen-bond acceptors (Lipinski definition) is 4. The van der Waals surface area contributed by atoms with E-state index in [2.05, 4.69) is 23.7 Å². The minimum atomic E-state index is 0.0912. The summed E-state index contributed by atoms with van der Waals surface area (Å²) in [6, 6.07) is 0.279. The first-order chi connectivity index (χ1) is 11.6. The summed E-state index contributed by atoms with van der Waals surface area (Å²) < 4.78 is 2.04. The maximum atomic E-state index is 13.3. The van der Waals surface area contributed by atoms with E-state index >= 15 is 0 Å². The van der Waals surface area contributed by atoms with Crippen molar-refractivity contribution >= 4 is 16.7 Å². The van der Waals surface area contributed by atoms with Crippen molar-refractivity contribution < 1.29 is 4.79 Å². The zero-order chi connectivity index (χ0) is 16.4. The average molecular weight is 324 g/mol. The minimum Gasteiger partial charge on any atom is -0.303 e. The predicted molar refractivity (Wildman–Crippen MR) is 92.1 cm³/mol. The van der Waals surface area contributed by atoms with Crippen LogP contribution in [0.2, 0.25) is 0 Å². The van der Waals surface area contributed by atoms with E-state index < -0.39 is 0 Å². The Morgan fingerprint density at radius 1 is 1.21 bits per heavy atom. The van der Waals surface area contributed by atoms with Crippen LogP contribution in [0.4, 0.5) is 0 Å². The van der Waals surface area contributed by atoms with Gasteiger partial charge in [-0.05, 0) is 51.6 Å². The molecule has 0 spiro atoms. The van der Waals surface area contributed by atoms with Crippen molar-refractivity contribution in [3.05, 3.63) is 23.7 Å². The van der Waals surface area contributed by atoms with Gasteiger partial charge in [-0.3, -0.25) is 14.5 Å². The molecule has 0 amide bonds. The SMILES string of the molecule is CC(C)n1nc2c3c(cncc31)C(=O)[C@@H](C1CN3CCC1CC3)C2. The lowest BCUT2D eigenvalue weighted by Crippen LogP contribution is -2.51. The number of piperidine rings is 3. The molecule has 4 aliphatic rings. The Labute approximate surface area is 142 Å². The minimum absolute atomic E-state index is 0.0912. The number of hydrogen-bond donors (Lipinski definition) is 0. The number of nitrogens with zero attached hydrogens (tertiary/aromatic N) is 4. The predicted octanol–water partition coefficient (Wildman–Crippen LogP) is 2.71. The molecule has 1 unspecified atom stereocenters. The highest BCUT2D eigenvalue weighted by Crippen LogP contribution is 2.42. The maximum absolute atomic E-state index is 13.3. The Kier molecular flexibility index (Phi) is 3.11. The Hall–Kier alpha value is -1.75. The van der Waals surface area contributed by atoms with E-state index in [1.165, 1.54) is 25.9 Å². The third-order valence-electron chi connectivity index (χ3n) is 6.42. The van der Waals surface area contributed by atoms with Gasteiger partial charge in [0.1, 0.15) is 0 Å². The molecule has 3 aliphatic heterocycles. The lowest BCUT2D eigenvalue weighted by atomic mass is 9.67. The molecule has 1 aliphatic carbocycles. The van der Waals surface area contributed by atoms with Gasteiger partial charge in [0.2, 0.25) is 0 Å². The lowest BCUT2D eigenvalue weighted by molar-refractivity contribution is 0.0192. The maximum Gasteiger partial charge on any atom is 0.168 e. The highest BCUT2D eigenvalue weighted by Gasteiger charge is 2.44. The number of aromatic nitrogens is 3. The third kappa shape index (κ3) is 1.94. The van der Waals surface area contributed by atoms with Crippen LogP contribution in [0.5, 0.6) is 0 Å². The smallest absolute Gasteiger partial charge is 0.168 e. The van der Waals surface area contributed by atoms with Gasteiger partial charge in [0, 0.05) is 42.1 Å². The van der Waals surface area contributed by atoms with Crippen LogP contribution in [0.3, 0.4) is 0 Å². The van der Waals surface area contributed by atoms with E-state index in [-0.39, 0.29) is 12.0 Å². The quantitative estimate of drug-likeness (QED) is 0.852. The van der Waals surface area contributed by atoms with Crippen molar-refractivity contribution in [3.63, 3.8) is 0 Å². The van der Waals surface area contributed by atoms with E-state index in [4.69, 9.17) is 5.10 Å². The molecule has 2 bridgehead atoms. The molecular formula is C19H24N4O. The number of fused-ring (bicyclic) bond motifs is 3. The highest BCUT2D eigenvalue weighted by atomic mass is 16.1. The first-order valence-corrected chi connectivity index (χ1v) is 9.25. The van der Waals surface area contributed by atoms with Crippen molar-refractivity contribution in [2.24, 2.45) is 17.8 Å². The van der Waals surface area contributed by atoms with Crippen molar-refractivity contribution in [3.8, 4) is 0 Å². The van der Waals surface area contributed by atoms with Gasteiger partial charge < -0.3 is 4.90 Å². The van der Waals surface area contributed by atoms with Gasteiger partial charge >= 0.3 is 0 Å². The molecule has 0 aromatic carbocycles. The van der Waals surface area contributed by atoms with Gasteiger partial charge in [-0.25, -0.2) is 0 Å². The van der Waals surface area contributed by atoms with Gasteiger partial charge in [-0.15, -0.1) is 0 Å². The number of pyridine rings is 1. The molecule has 5 heteroatoms. The Morgan fingerprint density at radius 3 is 2.67 bits per heavy atom. The average Bonchev–Trinajstić information content (AvgIpc) is 2.99. The van der Waals surface area contributed by atoms with E-state index in [0.717, 1.165) is 35.1 Å². The Morgan fingerprint density at radius 2 is 2.00 bits per heavy atom. The summed E-state index contributed by atoms with van der Waals surface area (Å²) >= 11 is 0.